The molecule has 0 spiro atoms. The molecule has 0 amide bonds. The third-order valence-electron chi connectivity index (χ3n) is 1.33. The fourth-order valence-corrected chi connectivity index (χ4v) is 0.756. The van der Waals surface area contributed by atoms with Crippen LogP contribution < -0.4 is 5.73 Å². The van der Waals surface area contributed by atoms with Crippen LogP contribution in [0.2, 0.25) is 0 Å². The number of nitrogens with zero attached hydrogens (tertiary/aromatic N) is 2. The molecule has 0 aliphatic heterocycles. The van der Waals surface area contributed by atoms with Gasteiger partial charge in [0.25, 0.3) is 0 Å². The lowest BCUT2D eigenvalue weighted by Crippen LogP contribution is -2.21. The van der Waals surface area contributed by atoms with E-state index in [1.54, 1.807) is 13.1 Å². The Balaban J connectivity index is 4.29. The van der Waals surface area contributed by atoms with Crippen LogP contribution in [-0.4, -0.2) is 38.3 Å². The van der Waals surface area contributed by atoms with Gasteiger partial charge < -0.3 is 10.6 Å². The SMILES string of the molecule is C=C/C(N)=C\C(CN(C)C)=NC. The summed E-state index contributed by atoms with van der Waals surface area (Å²) in [5.74, 6) is 0. The summed E-state index contributed by atoms with van der Waals surface area (Å²) in [6.45, 7) is 4.36. The zero-order chi connectivity index (χ0) is 9.56. The van der Waals surface area contributed by atoms with E-state index in [1.165, 1.54) is 0 Å². The van der Waals surface area contributed by atoms with Crippen molar-refractivity contribution in [3.05, 3.63) is 24.4 Å². The van der Waals surface area contributed by atoms with Crippen LogP contribution in [-0.2, 0) is 0 Å². The van der Waals surface area contributed by atoms with Crippen molar-refractivity contribution in [1.82, 2.24) is 4.90 Å². The van der Waals surface area contributed by atoms with Crippen LogP contribution in [0.5, 0.6) is 0 Å². The highest BCUT2D eigenvalue weighted by molar-refractivity contribution is 5.97. The highest BCUT2D eigenvalue weighted by Gasteiger charge is 1.96. The molecule has 0 radical (unpaired) electrons. The molecule has 3 nitrogen and oxygen atoms in total. The van der Waals surface area contributed by atoms with Gasteiger partial charge in [-0.25, -0.2) is 0 Å². The van der Waals surface area contributed by atoms with Gasteiger partial charge in [0.05, 0.1) is 5.71 Å². The maximum absolute atomic E-state index is 5.57. The molecule has 0 aromatic heterocycles. The van der Waals surface area contributed by atoms with E-state index in [9.17, 15) is 0 Å². The number of nitrogens with two attached hydrogens (primary N) is 1. The van der Waals surface area contributed by atoms with E-state index in [1.807, 2.05) is 25.1 Å². The zero-order valence-corrected chi connectivity index (χ0v) is 8.04. The summed E-state index contributed by atoms with van der Waals surface area (Å²) in [6.07, 6.45) is 3.44. The Morgan fingerprint density at radius 3 is 2.50 bits per heavy atom. The van der Waals surface area contributed by atoms with E-state index in [-0.39, 0.29) is 0 Å². The largest absolute Gasteiger partial charge is 0.399 e. The Hall–Kier alpha value is -1.09. The molecule has 0 unspecified atom stereocenters. The number of hydrogen-bond acceptors (Lipinski definition) is 3. The summed E-state index contributed by atoms with van der Waals surface area (Å²) in [5.41, 5.74) is 7.18. The summed E-state index contributed by atoms with van der Waals surface area (Å²) in [5, 5.41) is 0. The first-order valence-corrected chi connectivity index (χ1v) is 3.80. The summed E-state index contributed by atoms with van der Waals surface area (Å²) in [4.78, 5) is 6.12. The van der Waals surface area contributed by atoms with Gasteiger partial charge in [0.2, 0.25) is 0 Å². The van der Waals surface area contributed by atoms with Crippen molar-refractivity contribution in [2.24, 2.45) is 10.7 Å². The average molecular weight is 167 g/mol. The quantitative estimate of drug-likeness (QED) is 0.493. The molecule has 0 aliphatic rings. The minimum absolute atomic E-state index is 0.650. The minimum Gasteiger partial charge on any atom is -0.399 e. The molecule has 0 saturated heterocycles. The van der Waals surface area contributed by atoms with Crippen LogP contribution in [0.4, 0.5) is 0 Å². The van der Waals surface area contributed by atoms with Crippen molar-refractivity contribution in [2.45, 2.75) is 0 Å². The number of rotatable bonds is 4. The highest BCUT2D eigenvalue weighted by atomic mass is 15.1. The molecule has 0 aliphatic carbocycles. The molecule has 0 aromatic carbocycles. The Labute approximate surface area is 74.3 Å². The first kappa shape index (κ1) is 10.9. The van der Waals surface area contributed by atoms with Gasteiger partial charge in [-0.1, -0.05) is 6.58 Å². The van der Waals surface area contributed by atoms with Gasteiger partial charge in [0.15, 0.2) is 0 Å². The molecule has 2 N–H and O–H groups in total. The number of aliphatic imine (C=N–C) groups is 1. The number of allylic oxidation sites excluding steroid dienone is 1. The lowest BCUT2D eigenvalue weighted by atomic mass is 10.3. The second-order valence-corrected chi connectivity index (χ2v) is 2.80. The van der Waals surface area contributed by atoms with Gasteiger partial charge in [-0.3, -0.25) is 4.99 Å². The fraction of sp³-hybridized carbons (Fsp3) is 0.444. The van der Waals surface area contributed by atoms with Crippen molar-refractivity contribution in [1.29, 1.82) is 0 Å². The first-order chi connectivity index (χ1) is 5.60. The predicted molar refractivity (Wildman–Crippen MR) is 54.4 cm³/mol. The van der Waals surface area contributed by atoms with Crippen molar-refractivity contribution < 1.29 is 0 Å². The second-order valence-electron chi connectivity index (χ2n) is 2.80. The molecule has 0 rings (SSSR count). The summed E-state index contributed by atoms with van der Waals surface area (Å²) in [7, 11) is 5.73. The first-order valence-electron chi connectivity index (χ1n) is 3.80. The monoisotopic (exact) mass is 167 g/mol. The van der Waals surface area contributed by atoms with Crippen molar-refractivity contribution in [3.63, 3.8) is 0 Å². The minimum atomic E-state index is 0.650. The Morgan fingerprint density at radius 1 is 1.58 bits per heavy atom. The molecular formula is C9H17N3. The van der Waals surface area contributed by atoms with Gasteiger partial charge in [0, 0.05) is 19.3 Å². The normalized spacial score (nSPS) is 13.7. The van der Waals surface area contributed by atoms with Gasteiger partial charge in [-0.15, -0.1) is 0 Å². The lowest BCUT2D eigenvalue weighted by Gasteiger charge is -2.08. The van der Waals surface area contributed by atoms with Gasteiger partial charge >= 0.3 is 0 Å². The smallest absolute Gasteiger partial charge is 0.0505 e. The summed E-state index contributed by atoms with van der Waals surface area (Å²) in [6, 6.07) is 0. The van der Waals surface area contributed by atoms with E-state index >= 15 is 0 Å². The third kappa shape index (κ3) is 4.68. The second kappa shape index (κ2) is 5.55. The van der Waals surface area contributed by atoms with Crippen LogP contribution in [0.25, 0.3) is 0 Å². The molecule has 0 bridgehead atoms. The summed E-state index contributed by atoms with van der Waals surface area (Å²) >= 11 is 0. The maximum atomic E-state index is 5.57. The van der Waals surface area contributed by atoms with E-state index in [2.05, 4.69) is 11.6 Å². The summed E-state index contributed by atoms with van der Waals surface area (Å²) < 4.78 is 0. The van der Waals surface area contributed by atoms with E-state index in [0.717, 1.165) is 12.3 Å². The molecule has 0 heterocycles. The van der Waals surface area contributed by atoms with Gasteiger partial charge in [-0.2, -0.15) is 0 Å². The Kier molecular flexibility index (Phi) is 5.04. The molecule has 0 aromatic rings. The van der Waals surface area contributed by atoms with Gasteiger partial charge in [-0.05, 0) is 26.2 Å². The van der Waals surface area contributed by atoms with Crippen LogP contribution in [0.3, 0.4) is 0 Å². The van der Waals surface area contributed by atoms with E-state index < -0.39 is 0 Å². The van der Waals surface area contributed by atoms with E-state index in [4.69, 9.17) is 5.73 Å². The highest BCUT2D eigenvalue weighted by Crippen LogP contribution is 1.89. The molecule has 0 atom stereocenters. The third-order valence-corrected chi connectivity index (χ3v) is 1.33. The predicted octanol–water partition coefficient (Wildman–Crippen LogP) is 0.647. The van der Waals surface area contributed by atoms with Crippen LogP contribution in [0, 0.1) is 0 Å². The lowest BCUT2D eigenvalue weighted by molar-refractivity contribution is 0.470. The number of hydrogen-bond donors (Lipinski definition) is 1. The standard InChI is InChI=1S/C9H17N3/c1-5-8(10)6-9(11-2)7-12(3)4/h5-6H,1,7,10H2,2-4H3/b8-6+,11-9?. The Bertz CT molecular complexity index is 202. The molecule has 12 heavy (non-hydrogen) atoms. The Morgan fingerprint density at radius 2 is 2.17 bits per heavy atom. The maximum Gasteiger partial charge on any atom is 0.0505 e. The average Bonchev–Trinajstić information content (AvgIpc) is 2.02. The molecule has 3 heteroatoms. The van der Waals surface area contributed by atoms with Crippen molar-refractivity contribution in [2.75, 3.05) is 27.7 Å². The van der Waals surface area contributed by atoms with Crippen molar-refractivity contribution in [3.8, 4) is 0 Å². The van der Waals surface area contributed by atoms with Crippen LogP contribution >= 0.6 is 0 Å². The van der Waals surface area contributed by atoms with Crippen LogP contribution in [0.15, 0.2) is 29.4 Å². The molecular weight excluding hydrogens is 150 g/mol. The topological polar surface area (TPSA) is 41.6 Å². The van der Waals surface area contributed by atoms with Crippen molar-refractivity contribution >= 4 is 5.71 Å². The molecule has 68 valence electrons. The molecule has 0 saturated carbocycles. The van der Waals surface area contributed by atoms with Gasteiger partial charge in [0.1, 0.15) is 0 Å². The van der Waals surface area contributed by atoms with Crippen LogP contribution in [0.1, 0.15) is 0 Å². The van der Waals surface area contributed by atoms with E-state index in [0.29, 0.717) is 5.70 Å². The molecule has 0 fully saturated rings. The fourth-order valence-electron chi connectivity index (χ4n) is 0.756. The zero-order valence-electron chi connectivity index (χ0n) is 8.04.